The number of benzene rings is 2. The molecule has 1 aromatic heterocycles. The fourth-order valence-electron chi connectivity index (χ4n) is 2.38. The second kappa shape index (κ2) is 8.64. The lowest BCUT2D eigenvalue weighted by Gasteiger charge is -2.09. The van der Waals surface area contributed by atoms with Gasteiger partial charge in [0.2, 0.25) is 0 Å². The molecule has 7 heteroatoms. The molecule has 0 aliphatic heterocycles. The molecule has 27 heavy (non-hydrogen) atoms. The second-order valence-electron chi connectivity index (χ2n) is 5.81. The van der Waals surface area contributed by atoms with Crippen molar-refractivity contribution in [3.8, 4) is 11.5 Å². The number of hydrogen-bond donors (Lipinski definition) is 1. The van der Waals surface area contributed by atoms with Crippen molar-refractivity contribution in [2.45, 2.75) is 19.9 Å². The summed E-state index contributed by atoms with van der Waals surface area (Å²) >= 11 is 3.38. The minimum Gasteiger partial charge on any atom is -0.457 e. The number of carbonyl (C=O) groups excluding carboxylic acids is 1. The van der Waals surface area contributed by atoms with Crippen molar-refractivity contribution in [1.29, 1.82) is 0 Å². The molecule has 0 radical (unpaired) electrons. The summed E-state index contributed by atoms with van der Waals surface area (Å²) in [5, 5.41) is 6.87. The van der Waals surface area contributed by atoms with Gasteiger partial charge in [0.1, 0.15) is 17.2 Å². The van der Waals surface area contributed by atoms with E-state index >= 15 is 0 Å². The number of rotatable bonds is 6. The van der Waals surface area contributed by atoms with Gasteiger partial charge in [0.15, 0.2) is 0 Å². The molecule has 0 saturated heterocycles. The molecule has 3 rings (SSSR count). The minimum atomic E-state index is -0.374. The highest BCUT2D eigenvalue weighted by Crippen LogP contribution is 2.24. The van der Waals surface area contributed by atoms with Crippen LogP contribution in [0.25, 0.3) is 0 Å². The number of hydrogen-bond acceptors (Lipinski definition) is 4. The molecule has 1 amide bonds. The van der Waals surface area contributed by atoms with E-state index in [2.05, 4.69) is 26.3 Å². The van der Waals surface area contributed by atoms with Crippen LogP contribution in [0.2, 0.25) is 0 Å². The number of aromatic nitrogens is 2. The van der Waals surface area contributed by atoms with Gasteiger partial charge in [-0.05, 0) is 61.0 Å². The summed E-state index contributed by atoms with van der Waals surface area (Å²) in [5.74, 6) is 1.00. The van der Waals surface area contributed by atoms with Gasteiger partial charge in [-0.1, -0.05) is 22.9 Å². The Bertz CT molecular complexity index is 983. The van der Waals surface area contributed by atoms with Crippen molar-refractivity contribution < 1.29 is 9.53 Å². The molecule has 138 valence electrons. The first-order valence-corrected chi connectivity index (χ1v) is 9.27. The molecule has 0 atom stereocenters. The summed E-state index contributed by atoms with van der Waals surface area (Å²) in [6, 6.07) is 17.3. The molecule has 6 nitrogen and oxygen atoms in total. The molecule has 0 spiro atoms. The molecule has 0 fully saturated rings. The Morgan fingerprint density at radius 2 is 1.67 bits per heavy atom. The first kappa shape index (κ1) is 18.8. The van der Waals surface area contributed by atoms with Crippen LogP contribution in [0, 0.1) is 0 Å². The number of anilines is 1. The molecule has 0 unspecified atom stereocenters. The van der Waals surface area contributed by atoms with Crippen LogP contribution in [0.15, 0.2) is 69.9 Å². The van der Waals surface area contributed by atoms with E-state index in [1.807, 2.05) is 31.2 Å². The Balaban J connectivity index is 1.67. The first-order valence-electron chi connectivity index (χ1n) is 8.48. The molecular formula is C20H18BrN3O3. The average molecular weight is 428 g/mol. The van der Waals surface area contributed by atoms with Crippen molar-refractivity contribution >= 4 is 27.5 Å². The minimum absolute atomic E-state index is 0.193. The van der Waals surface area contributed by atoms with Gasteiger partial charge in [-0.3, -0.25) is 9.59 Å². The molecular weight excluding hydrogens is 410 g/mol. The van der Waals surface area contributed by atoms with Gasteiger partial charge < -0.3 is 10.1 Å². The third-order valence-corrected chi connectivity index (χ3v) is 4.22. The van der Waals surface area contributed by atoms with Crippen LogP contribution in [0.5, 0.6) is 11.5 Å². The summed E-state index contributed by atoms with van der Waals surface area (Å²) in [6.07, 6.45) is 0.762. The predicted octanol–water partition coefficient (Wildman–Crippen LogP) is 4.46. The van der Waals surface area contributed by atoms with Crippen LogP contribution in [-0.4, -0.2) is 15.7 Å². The van der Waals surface area contributed by atoms with Crippen LogP contribution < -0.4 is 15.6 Å². The maximum Gasteiger partial charge on any atom is 0.276 e. The van der Waals surface area contributed by atoms with Gasteiger partial charge in [0, 0.05) is 22.8 Å². The van der Waals surface area contributed by atoms with E-state index in [-0.39, 0.29) is 17.2 Å². The number of aryl methyl sites for hydroxylation is 1. The highest BCUT2D eigenvalue weighted by atomic mass is 79.9. The van der Waals surface area contributed by atoms with E-state index in [9.17, 15) is 9.59 Å². The molecule has 3 aromatic rings. The van der Waals surface area contributed by atoms with E-state index in [1.165, 1.54) is 16.8 Å². The molecule has 2 aromatic carbocycles. The van der Waals surface area contributed by atoms with Gasteiger partial charge in [0.25, 0.3) is 11.5 Å². The third-order valence-electron chi connectivity index (χ3n) is 3.70. The lowest BCUT2D eigenvalue weighted by atomic mass is 10.2. The van der Waals surface area contributed by atoms with Gasteiger partial charge >= 0.3 is 0 Å². The van der Waals surface area contributed by atoms with Crippen LogP contribution in [0.1, 0.15) is 23.8 Å². The topological polar surface area (TPSA) is 73.2 Å². The van der Waals surface area contributed by atoms with Gasteiger partial charge in [-0.25, -0.2) is 4.68 Å². The number of nitrogens with zero attached hydrogens (tertiary/aromatic N) is 2. The highest BCUT2D eigenvalue weighted by Gasteiger charge is 2.10. The number of nitrogens with one attached hydrogen (secondary N) is 1. The lowest BCUT2D eigenvalue weighted by molar-refractivity contribution is 0.101. The van der Waals surface area contributed by atoms with E-state index in [4.69, 9.17) is 4.74 Å². The molecule has 0 aliphatic carbocycles. The zero-order chi connectivity index (χ0) is 19.2. The zero-order valence-electron chi connectivity index (χ0n) is 14.7. The highest BCUT2D eigenvalue weighted by molar-refractivity contribution is 9.10. The fourth-order valence-corrected chi connectivity index (χ4v) is 2.65. The zero-order valence-corrected chi connectivity index (χ0v) is 16.3. The summed E-state index contributed by atoms with van der Waals surface area (Å²) in [6.45, 7) is 2.42. The Morgan fingerprint density at radius 1 is 1.04 bits per heavy atom. The van der Waals surface area contributed by atoms with Gasteiger partial charge in [-0.2, -0.15) is 5.10 Å². The van der Waals surface area contributed by atoms with Crippen molar-refractivity contribution in [2.75, 3.05) is 5.32 Å². The number of amides is 1. The smallest absolute Gasteiger partial charge is 0.276 e. The van der Waals surface area contributed by atoms with Crippen LogP contribution in [0.4, 0.5) is 5.69 Å². The van der Waals surface area contributed by atoms with Crippen molar-refractivity contribution in [2.24, 2.45) is 0 Å². The average Bonchev–Trinajstić information content (AvgIpc) is 2.67. The standard InChI is InChI=1S/C20H18BrN3O3/c1-2-13-24-19(25)12-11-18(23-24)20(26)22-15-5-9-17(10-6-15)27-16-7-3-14(21)4-8-16/h3-12H,2,13H2,1H3,(H,22,26). The van der Waals surface area contributed by atoms with Crippen molar-refractivity contribution in [3.63, 3.8) is 0 Å². The second-order valence-corrected chi connectivity index (χ2v) is 6.73. The Morgan fingerprint density at radius 3 is 2.30 bits per heavy atom. The molecule has 0 saturated carbocycles. The quantitative estimate of drug-likeness (QED) is 0.629. The van der Waals surface area contributed by atoms with Gasteiger partial charge in [0.05, 0.1) is 0 Å². The Kier molecular flexibility index (Phi) is 6.03. The number of halogens is 1. The van der Waals surface area contributed by atoms with E-state index in [0.717, 1.165) is 16.6 Å². The van der Waals surface area contributed by atoms with E-state index in [0.29, 0.717) is 18.0 Å². The Labute approximate surface area is 164 Å². The normalized spacial score (nSPS) is 10.4. The predicted molar refractivity (Wildman–Crippen MR) is 107 cm³/mol. The summed E-state index contributed by atoms with van der Waals surface area (Å²) in [5.41, 5.74) is 0.583. The van der Waals surface area contributed by atoms with Gasteiger partial charge in [-0.15, -0.1) is 0 Å². The summed E-state index contributed by atoms with van der Waals surface area (Å²) in [7, 11) is 0. The van der Waals surface area contributed by atoms with E-state index < -0.39 is 0 Å². The fraction of sp³-hybridized carbons (Fsp3) is 0.150. The first-order chi connectivity index (χ1) is 13.0. The van der Waals surface area contributed by atoms with E-state index in [1.54, 1.807) is 24.3 Å². The Hall–Kier alpha value is -2.93. The molecule has 1 heterocycles. The summed E-state index contributed by atoms with van der Waals surface area (Å²) in [4.78, 5) is 24.1. The summed E-state index contributed by atoms with van der Waals surface area (Å²) < 4.78 is 8.02. The lowest BCUT2D eigenvalue weighted by Crippen LogP contribution is -2.26. The molecule has 1 N–H and O–H groups in total. The van der Waals surface area contributed by atoms with Crippen molar-refractivity contribution in [3.05, 3.63) is 81.2 Å². The number of ether oxygens (including phenoxy) is 1. The SMILES string of the molecule is CCCn1nc(C(=O)Nc2ccc(Oc3ccc(Br)cc3)cc2)ccc1=O. The largest absolute Gasteiger partial charge is 0.457 e. The monoisotopic (exact) mass is 427 g/mol. The maximum absolute atomic E-state index is 12.4. The van der Waals surface area contributed by atoms with Crippen LogP contribution in [0.3, 0.4) is 0 Å². The molecule has 0 aliphatic rings. The van der Waals surface area contributed by atoms with Crippen LogP contribution in [-0.2, 0) is 6.54 Å². The third kappa shape index (κ3) is 5.04. The van der Waals surface area contributed by atoms with Crippen molar-refractivity contribution in [1.82, 2.24) is 9.78 Å². The van der Waals surface area contributed by atoms with Crippen LogP contribution >= 0.6 is 15.9 Å². The maximum atomic E-state index is 12.4. The molecule has 0 bridgehead atoms. The number of carbonyl (C=O) groups is 1.